The molecule has 0 unspecified atom stereocenters. The lowest BCUT2D eigenvalue weighted by atomic mass is 10.0. The van der Waals surface area contributed by atoms with E-state index in [9.17, 15) is 4.79 Å². The summed E-state index contributed by atoms with van der Waals surface area (Å²) in [6.07, 6.45) is 5.87. The molecule has 0 spiro atoms. The summed E-state index contributed by atoms with van der Waals surface area (Å²) in [4.78, 5) is 12.5. The van der Waals surface area contributed by atoms with Gasteiger partial charge in [-0.15, -0.1) is 0 Å². The van der Waals surface area contributed by atoms with Crippen LogP contribution in [0.15, 0.2) is 42.7 Å². The highest BCUT2D eigenvalue weighted by molar-refractivity contribution is 5.94. The van der Waals surface area contributed by atoms with Crippen LogP contribution in [0.5, 0.6) is 0 Å². The van der Waals surface area contributed by atoms with Gasteiger partial charge in [0.25, 0.3) is 0 Å². The van der Waals surface area contributed by atoms with Crippen LogP contribution in [0.3, 0.4) is 0 Å². The molecule has 2 aromatic heterocycles. The van der Waals surface area contributed by atoms with Gasteiger partial charge in [0.05, 0.1) is 29.4 Å². The maximum Gasteiger partial charge on any atom is 0.232 e. The molecule has 2 N–H and O–H groups in total. The smallest absolute Gasteiger partial charge is 0.232 e. The van der Waals surface area contributed by atoms with E-state index in [0.717, 1.165) is 16.9 Å². The van der Waals surface area contributed by atoms with Gasteiger partial charge >= 0.3 is 0 Å². The molecule has 26 heavy (non-hydrogen) atoms. The van der Waals surface area contributed by atoms with Crippen LogP contribution in [-0.2, 0) is 4.79 Å². The number of aromatic amines is 1. The Morgan fingerprint density at radius 1 is 1.38 bits per heavy atom. The van der Waals surface area contributed by atoms with Crippen LogP contribution in [0.4, 0.5) is 5.82 Å². The fraction of sp³-hybridized carbons (Fsp3) is 0.263. The van der Waals surface area contributed by atoms with Crippen molar-refractivity contribution in [2.75, 3.05) is 5.32 Å². The Morgan fingerprint density at radius 3 is 2.85 bits per heavy atom. The Hall–Kier alpha value is -3.40. The molecule has 0 aliphatic heterocycles. The van der Waals surface area contributed by atoms with E-state index in [-0.39, 0.29) is 11.8 Å². The van der Waals surface area contributed by atoms with Crippen molar-refractivity contribution < 1.29 is 4.79 Å². The summed E-state index contributed by atoms with van der Waals surface area (Å²) in [6.45, 7) is 1.84. The number of anilines is 1. The number of nitriles is 1. The first-order chi connectivity index (χ1) is 12.6. The average Bonchev–Trinajstić information content (AvgIpc) is 3.21. The van der Waals surface area contributed by atoms with E-state index in [0.29, 0.717) is 17.3 Å². The molecule has 2 heterocycles. The Bertz CT molecular complexity index is 974. The van der Waals surface area contributed by atoms with Crippen LogP contribution in [0.2, 0.25) is 0 Å². The molecule has 0 bridgehead atoms. The van der Waals surface area contributed by atoms with Crippen LogP contribution in [0.25, 0.3) is 5.69 Å². The zero-order chi connectivity index (χ0) is 18.1. The van der Waals surface area contributed by atoms with Gasteiger partial charge in [-0.2, -0.15) is 15.5 Å². The molecule has 1 amide bonds. The Kier molecular flexibility index (Phi) is 4.01. The average molecular weight is 346 g/mol. The number of hydrogen-bond donors (Lipinski definition) is 2. The van der Waals surface area contributed by atoms with Crippen LogP contribution >= 0.6 is 0 Å². The number of carbonyl (C=O) groups excluding carboxylic acids is 1. The van der Waals surface area contributed by atoms with E-state index in [1.54, 1.807) is 23.0 Å². The highest BCUT2D eigenvalue weighted by atomic mass is 16.1. The van der Waals surface area contributed by atoms with Crippen molar-refractivity contribution in [2.24, 2.45) is 0 Å². The molecule has 1 aliphatic carbocycles. The van der Waals surface area contributed by atoms with Gasteiger partial charge in [0.15, 0.2) is 5.82 Å². The van der Waals surface area contributed by atoms with Gasteiger partial charge in [0, 0.05) is 29.4 Å². The number of hydrogen-bond acceptors (Lipinski definition) is 4. The Labute approximate surface area is 150 Å². The first-order valence-electron chi connectivity index (χ1n) is 8.55. The van der Waals surface area contributed by atoms with Crippen molar-refractivity contribution in [1.29, 1.82) is 5.26 Å². The van der Waals surface area contributed by atoms with Gasteiger partial charge in [-0.3, -0.25) is 9.89 Å². The number of benzene rings is 1. The van der Waals surface area contributed by atoms with E-state index in [4.69, 9.17) is 5.26 Å². The molecular formula is C19H18N6O. The van der Waals surface area contributed by atoms with Gasteiger partial charge in [0.1, 0.15) is 0 Å². The van der Waals surface area contributed by atoms with Gasteiger partial charge in [-0.25, -0.2) is 4.68 Å². The third kappa shape index (κ3) is 3.22. The zero-order valence-electron chi connectivity index (χ0n) is 14.3. The number of rotatable bonds is 5. The summed E-state index contributed by atoms with van der Waals surface area (Å²) in [7, 11) is 0. The van der Waals surface area contributed by atoms with Crippen LogP contribution in [0, 0.1) is 11.3 Å². The summed E-state index contributed by atoms with van der Waals surface area (Å²) >= 11 is 0. The summed E-state index contributed by atoms with van der Waals surface area (Å²) in [5.41, 5.74) is 3.33. The molecule has 3 aromatic rings. The van der Waals surface area contributed by atoms with E-state index in [2.05, 4.69) is 26.7 Å². The van der Waals surface area contributed by atoms with E-state index >= 15 is 0 Å². The number of amides is 1. The van der Waals surface area contributed by atoms with Crippen molar-refractivity contribution in [1.82, 2.24) is 20.0 Å². The van der Waals surface area contributed by atoms with Crippen molar-refractivity contribution in [3.05, 3.63) is 59.5 Å². The fourth-order valence-electron chi connectivity index (χ4n) is 2.78. The van der Waals surface area contributed by atoms with Gasteiger partial charge in [-0.1, -0.05) is 0 Å². The van der Waals surface area contributed by atoms with E-state index < -0.39 is 0 Å². The SMILES string of the molecule is C[C@H](C(=O)Nc1cc(C2CC2)[nH]n1)c1cnn(-c2ccc(C#N)cc2)c1. The molecule has 1 aliphatic rings. The maximum absolute atomic E-state index is 12.5. The standard InChI is InChI=1S/C19H18N6O/c1-12(19(26)22-18-8-17(23-24-18)14-4-5-14)15-10-21-25(11-15)16-6-2-13(9-20)3-7-16/h2-3,6-8,10-12,14H,4-5H2,1H3,(H2,22,23,24,26)/t12-/m0/s1. The van der Waals surface area contributed by atoms with Crippen LogP contribution < -0.4 is 5.32 Å². The summed E-state index contributed by atoms with van der Waals surface area (Å²) < 4.78 is 1.69. The quantitative estimate of drug-likeness (QED) is 0.741. The number of aromatic nitrogens is 4. The molecule has 0 saturated heterocycles. The molecule has 1 fully saturated rings. The normalized spacial score (nSPS) is 14.6. The fourth-order valence-corrected chi connectivity index (χ4v) is 2.78. The molecule has 1 saturated carbocycles. The predicted octanol–water partition coefficient (Wildman–Crippen LogP) is 3.09. The number of carbonyl (C=O) groups is 1. The van der Waals surface area contributed by atoms with Crippen LogP contribution in [-0.4, -0.2) is 25.9 Å². The van der Waals surface area contributed by atoms with Crippen molar-refractivity contribution >= 4 is 11.7 Å². The van der Waals surface area contributed by atoms with Crippen molar-refractivity contribution in [2.45, 2.75) is 31.6 Å². The zero-order valence-corrected chi connectivity index (χ0v) is 14.3. The molecule has 7 heteroatoms. The third-order valence-corrected chi connectivity index (χ3v) is 4.62. The second-order valence-electron chi connectivity index (χ2n) is 6.57. The van der Waals surface area contributed by atoms with Gasteiger partial charge in [0.2, 0.25) is 5.91 Å². The summed E-state index contributed by atoms with van der Waals surface area (Å²) in [5.74, 6) is 0.640. The molecule has 4 rings (SSSR count). The van der Waals surface area contributed by atoms with Crippen molar-refractivity contribution in [3.63, 3.8) is 0 Å². The predicted molar refractivity (Wildman–Crippen MR) is 95.9 cm³/mol. The second kappa shape index (κ2) is 6.48. The Balaban J connectivity index is 1.45. The minimum absolute atomic E-state index is 0.127. The molecular weight excluding hydrogens is 328 g/mol. The van der Waals surface area contributed by atoms with Crippen molar-refractivity contribution in [3.8, 4) is 11.8 Å². The second-order valence-corrected chi connectivity index (χ2v) is 6.57. The summed E-state index contributed by atoms with van der Waals surface area (Å²) in [6, 6.07) is 11.1. The first kappa shape index (κ1) is 16.1. The lowest BCUT2D eigenvalue weighted by molar-refractivity contribution is -0.117. The lowest BCUT2D eigenvalue weighted by Gasteiger charge is -2.08. The van der Waals surface area contributed by atoms with E-state index in [1.807, 2.05) is 31.3 Å². The molecule has 7 nitrogen and oxygen atoms in total. The largest absolute Gasteiger partial charge is 0.309 e. The van der Waals surface area contributed by atoms with Gasteiger partial charge < -0.3 is 5.32 Å². The minimum Gasteiger partial charge on any atom is -0.309 e. The molecule has 0 radical (unpaired) electrons. The highest BCUT2D eigenvalue weighted by Gasteiger charge is 2.26. The molecule has 1 aromatic carbocycles. The van der Waals surface area contributed by atoms with Crippen LogP contribution in [0.1, 0.15) is 48.4 Å². The lowest BCUT2D eigenvalue weighted by Crippen LogP contribution is -2.18. The minimum atomic E-state index is -0.358. The van der Waals surface area contributed by atoms with Gasteiger partial charge in [-0.05, 0) is 44.0 Å². The number of nitrogens with zero attached hydrogens (tertiary/aromatic N) is 4. The highest BCUT2D eigenvalue weighted by Crippen LogP contribution is 2.39. The van der Waals surface area contributed by atoms with E-state index in [1.165, 1.54) is 12.8 Å². The molecule has 1 atom stereocenters. The monoisotopic (exact) mass is 346 g/mol. The first-order valence-corrected chi connectivity index (χ1v) is 8.55. The maximum atomic E-state index is 12.5. The topological polar surface area (TPSA) is 99.4 Å². The number of H-pyrrole nitrogens is 1. The number of nitrogens with one attached hydrogen (secondary N) is 2. The summed E-state index contributed by atoms with van der Waals surface area (Å²) in [5, 5.41) is 23.2. The molecule has 130 valence electrons. The Morgan fingerprint density at radius 2 is 2.15 bits per heavy atom. The third-order valence-electron chi connectivity index (χ3n) is 4.62.